The molecule has 1 unspecified atom stereocenters. The smallest absolute Gasteiger partial charge is 0.234 e. The second-order valence-electron chi connectivity index (χ2n) is 7.39. The van der Waals surface area contributed by atoms with Crippen molar-refractivity contribution >= 4 is 11.6 Å². The summed E-state index contributed by atoms with van der Waals surface area (Å²) in [5.41, 5.74) is 3.76. The van der Waals surface area contributed by atoms with Crippen LogP contribution in [0.15, 0.2) is 36.4 Å². The quantitative estimate of drug-likeness (QED) is 0.741. The summed E-state index contributed by atoms with van der Waals surface area (Å²) >= 11 is 0. The summed E-state index contributed by atoms with van der Waals surface area (Å²) < 4.78 is 10.8. The number of fused-ring (bicyclic) bond motifs is 1. The van der Waals surface area contributed by atoms with Crippen LogP contribution in [-0.4, -0.2) is 57.3 Å². The van der Waals surface area contributed by atoms with Gasteiger partial charge in [-0.15, -0.1) is 0 Å². The number of methoxy groups -OCH3 is 2. The number of hydrogen-bond acceptors (Lipinski definition) is 6. The Morgan fingerprint density at radius 2 is 1.79 bits per heavy atom. The van der Waals surface area contributed by atoms with Crippen molar-refractivity contribution in [1.82, 2.24) is 10.2 Å². The summed E-state index contributed by atoms with van der Waals surface area (Å²) in [4.78, 5) is 16.4. The monoisotopic (exact) mass is 399 g/mol. The molecular weight excluding hydrogens is 370 g/mol. The molecule has 1 heterocycles. The molecule has 156 valence electrons. The van der Waals surface area contributed by atoms with Crippen molar-refractivity contribution < 1.29 is 19.4 Å². The standard InChI is InChI=1S/C22H29N3O4/c1-24(2)16-7-5-15(6-8-16)11-23-21(27)14-25-12-17-19(28-3)9-10-20(29-4)22(17)18(26)13-25/h5-10,18,26H,11-14H2,1-4H3,(H,23,27). The number of carbonyl (C=O) groups is 1. The number of aliphatic hydroxyl groups is 1. The highest BCUT2D eigenvalue weighted by Gasteiger charge is 2.30. The van der Waals surface area contributed by atoms with Gasteiger partial charge in [0.25, 0.3) is 0 Å². The number of anilines is 1. The lowest BCUT2D eigenvalue weighted by Gasteiger charge is -2.33. The summed E-state index contributed by atoms with van der Waals surface area (Å²) in [5, 5.41) is 13.6. The maximum atomic E-state index is 12.5. The van der Waals surface area contributed by atoms with Crippen molar-refractivity contribution in [1.29, 1.82) is 0 Å². The molecule has 0 aliphatic carbocycles. The number of aliphatic hydroxyl groups excluding tert-OH is 1. The summed E-state index contributed by atoms with van der Waals surface area (Å²) in [6.07, 6.45) is -0.741. The highest BCUT2D eigenvalue weighted by atomic mass is 16.5. The molecule has 1 atom stereocenters. The Balaban J connectivity index is 1.62. The first kappa shape index (κ1) is 21.0. The molecule has 29 heavy (non-hydrogen) atoms. The van der Waals surface area contributed by atoms with Crippen molar-refractivity contribution in [3.63, 3.8) is 0 Å². The van der Waals surface area contributed by atoms with Crippen molar-refractivity contribution in [2.75, 3.05) is 46.3 Å². The van der Waals surface area contributed by atoms with Gasteiger partial charge in [0.15, 0.2) is 0 Å². The molecule has 0 bridgehead atoms. The van der Waals surface area contributed by atoms with Crippen LogP contribution in [0.25, 0.3) is 0 Å². The Morgan fingerprint density at radius 1 is 1.14 bits per heavy atom. The second kappa shape index (κ2) is 9.15. The van der Waals surface area contributed by atoms with Crippen LogP contribution < -0.4 is 19.7 Å². The first-order valence-corrected chi connectivity index (χ1v) is 9.60. The van der Waals surface area contributed by atoms with E-state index in [0.717, 1.165) is 22.4 Å². The minimum absolute atomic E-state index is 0.0841. The van der Waals surface area contributed by atoms with E-state index in [0.29, 0.717) is 31.1 Å². The van der Waals surface area contributed by atoms with Gasteiger partial charge in [0.05, 0.1) is 26.9 Å². The molecule has 7 heteroatoms. The Morgan fingerprint density at radius 3 is 2.41 bits per heavy atom. The molecule has 0 radical (unpaired) electrons. The van der Waals surface area contributed by atoms with Crippen LogP contribution in [-0.2, 0) is 17.9 Å². The van der Waals surface area contributed by atoms with Crippen LogP contribution >= 0.6 is 0 Å². The highest BCUT2D eigenvalue weighted by molar-refractivity contribution is 5.78. The number of nitrogens with zero attached hydrogens (tertiary/aromatic N) is 2. The number of β-amino-alcohol motifs (C(OH)–C–C–N with tert-alkyl or cyclic N) is 1. The van der Waals surface area contributed by atoms with Crippen molar-refractivity contribution in [3.8, 4) is 11.5 Å². The molecule has 1 aliphatic heterocycles. The minimum atomic E-state index is -0.741. The lowest BCUT2D eigenvalue weighted by atomic mass is 9.95. The van der Waals surface area contributed by atoms with Crippen LogP contribution in [0.2, 0.25) is 0 Å². The maximum absolute atomic E-state index is 12.5. The predicted molar refractivity (Wildman–Crippen MR) is 112 cm³/mol. The van der Waals surface area contributed by atoms with Gasteiger partial charge in [0.1, 0.15) is 11.5 Å². The average Bonchev–Trinajstić information content (AvgIpc) is 2.71. The van der Waals surface area contributed by atoms with Gasteiger partial charge in [-0.1, -0.05) is 12.1 Å². The van der Waals surface area contributed by atoms with Gasteiger partial charge >= 0.3 is 0 Å². The summed E-state index contributed by atoms with van der Waals surface area (Å²) in [6.45, 7) is 1.54. The van der Waals surface area contributed by atoms with E-state index in [4.69, 9.17) is 9.47 Å². The fourth-order valence-corrected chi connectivity index (χ4v) is 3.64. The van der Waals surface area contributed by atoms with Crippen molar-refractivity contribution in [2.24, 2.45) is 0 Å². The van der Waals surface area contributed by atoms with Gasteiger partial charge in [0.2, 0.25) is 5.91 Å². The van der Waals surface area contributed by atoms with Gasteiger partial charge in [-0.3, -0.25) is 9.69 Å². The fraction of sp³-hybridized carbons (Fsp3) is 0.409. The summed E-state index contributed by atoms with van der Waals surface area (Å²) in [6, 6.07) is 11.7. The second-order valence-corrected chi connectivity index (χ2v) is 7.39. The number of benzene rings is 2. The normalized spacial score (nSPS) is 16.1. The van der Waals surface area contributed by atoms with Gasteiger partial charge in [-0.05, 0) is 29.8 Å². The number of hydrogen-bond donors (Lipinski definition) is 2. The first-order valence-electron chi connectivity index (χ1n) is 9.60. The molecule has 7 nitrogen and oxygen atoms in total. The van der Waals surface area contributed by atoms with Crippen LogP contribution in [0.4, 0.5) is 5.69 Å². The molecular formula is C22H29N3O4. The number of nitrogens with one attached hydrogen (secondary N) is 1. The van der Waals surface area contributed by atoms with E-state index in [1.165, 1.54) is 0 Å². The number of carbonyl (C=O) groups excluding carboxylic acids is 1. The molecule has 3 rings (SSSR count). The molecule has 1 amide bonds. The lowest BCUT2D eigenvalue weighted by Crippen LogP contribution is -2.41. The molecule has 2 aromatic rings. The van der Waals surface area contributed by atoms with Crippen LogP contribution in [0, 0.1) is 0 Å². The van der Waals surface area contributed by atoms with Crippen LogP contribution in [0.5, 0.6) is 11.5 Å². The van der Waals surface area contributed by atoms with Crippen LogP contribution in [0.3, 0.4) is 0 Å². The van der Waals surface area contributed by atoms with Crippen molar-refractivity contribution in [2.45, 2.75) is 19.2 Å². The Bertz CT molecular complexity index is 852. The third-order valence-corrected chi connectivity index (χ3v) is 5.17. The minimum Gasteiger partial charge on any atom is -0.496 e. The topological polar surface area (TPSA) is 74.3 Å². The van der Waals surface area contributed by atoms with Gasteiger partial charge in [0, 0.05) is 50.5 Å². The van der Waals surface area contributed by atoms with E-state index in [1.807, 2.05) is 54.2 Å². The molecule has 0 fully saturated rings. The van der Waals surface area contributed by atoms with E-state index >= 15 is 0 Å². The zero-order valence-electron chi connectivity index (χ0n) is 17.4. The van der Waals surface area contributed by atoms with Crippen molar-refractivity contribution in [3.05, 3.63) is 53.1 Å². The van der Waals surface area contributed by atoms with Gasteiger partial charge < -0.3 is 24.8 Å². The Hall–Kier alpha value is -2.77. The van der Waals surface area contributed by atoms with Crippen LogP contribution in [0.1, 0.15) is 22.8 Å². The molecule has 0 saturated carbocycles. The third kappa shape index (κ3) is 4.81. The zero-order valence-corrected chi connectivity index (χ0v) is 17.4. The molecule has 0 spiro atoms. The zero-order chi connectivity index (χ0) is 21.0. The third-order valence-electron chi connectivity index (χ3n) is 5.17. The summed E-state index contributed by atoms with van der Waals surface area (Å²) in [5.74, 6) is 1.24. The molecule has 0 saturated heterocycles. The molecule has 0 aromatic heterocycles. The number of ether oxygens (including phenoxy) is 2. The average molecular weight is 399 g/mol. The largest absolute Gasteiger partial charge is 0.496 e. The highest BCUT2D eigenvalue weighted by Crippen LogP contribution is 2.39. The van der Waals surface area contributed by atoms with E-state index in [2.05, 4.69) is 5.32 Å². The SMILES string of the molecule is COc1ccc(OC)c2c1CN(CC(=O)NCc1ccc(N(C)C)cc1)CC2O. The van der Waals surface area contributed by atoms with E-state index < -0.39 is 6.10 Å². The lowest BCUT2D eigenvalue weighted by molar-refractivity contribution is -0.123. The van der Waals surface area contributed by atoms with E-state index in [1.54, 1.807) is 20.3 Å². The fourth-order valence-electron chi connectivity index (χ4n) is 3.64. The van der Waals surface area contributed by atoms with Gasteiger partial charge in [-0.25, -0.2) is 0 Å². The maximum Gasteiger partial charge on any atom is 0.234 e. The van der Waals surface area contributed by atoms with E-state index in [9.17, 15) is 9.90 Å². The van der Waals surface area contributed by atoms with Gasteiger partial charge in [-0.2, -0.15) is 0 Å². The van der Waals surface area contributed by atoms with E-state index in [-0.39, 0.29) is 12.5 Å². The number of amides is 1. The Labute approximate surface area is 171 Å². The summed E-state index contributed by atoms with van der Waals surface area (Å²) in [7, 11) is 7.17. The number of rotatable bonds is 7. The Kier molecular flexibility index (Phi) is 6.61. The predicted octanol–water partition coefficient (Wildman–Crippen LogP) is 1.94. The first-order chi connectivity index (χ1) is 13.9. The molecule has 2 N–H and O–H groups in total. The molecule has 2 aromatic carbocycles. The molecule has 1 aliphatic rings.